The molecule has 0 spiro atoms. The highest BCUT2D eigenvalue weighted by Crippen LogP contribution is 2.39. The minimum atomic E-state index is -4.17. The van der Waals surface area contributed by atoms with Gasteiger partial charge in [-0.25, -0.2) is 9.78 Å². The maximum atomic E-state index is 10.7. The molecule has 0 aromatic carbocycles. The summed E-state index contributed by atoms with van der Waals surface area (Å²) >= 11 is 0. The molecule has 1 aromatic heterocycles. The zero-order valence-corrected chi connectivity index (χ0v) is 8.29. The van der Waals surface area contributed by atoms with Crippen molar-refractivity contribution in [2.75, 3.05) is 0 Å². The van der Waals surface area contributed by atoms with Crippen molar-refractivity contribution in [3.63, 3.8) is 0 Å². The lowest BCUT2D eigenvalue weighted by Gasteiger charge is -2.04. The predicted octanol–water partition coefficient (Wildman–Crippen LogP) is 0.816. The summed E-state index contributed by atoms with van der Waals surface area (Å²) in [5, 5.41) is 8.27. The highest BCUT2D eigenvalue weighted by Gasteiger charge is 2.14. The predicted molar refractivity (Wildman–Crippen MR) is 48.6 cm³/mol. The standard InChI is InChI=1S/C7H8NO6P/c9-7(10)14-6-3-5(1-2-8-6)4-15(11,12)13/h1-3H,4H2,(H,9,10)(H2,11,12,13). The van der Waals surface area contributed by atoms with E-state index in [1.807, 2.05) is 0 Å². The SMILES string of the molecule is O=C(O)Oc1cc(CP(=O)(O)O)ccn1. The molecule has 0 aliphatic heterocycles. The van der Waals surface area contributed by atoms with Gasteiger partial charge in [0.25, 0.3) is 0 Å². The highest BCUT2D eigenvalue weighted by atomic mass is 31.2. The molecule has 15 heavy (non-hydrogen) atoms. The molecule has 1 heterocycles. The summed E-state index contributed by atoms with van der Waals surface area (Å²) in [5.74, 6) is -0.214. The molecule has 0 aliphatic rings. The van der Waals surface area contributed by atoms with E-state index in [-0.39, 0.29) is 11.4 Å². The van der Waals surface area contributed by atoms with Crippen LogP contribution in [-0.4, -0.2) is 26.0 Å². The third-order valence-electron chi connectivity index (χ3n) is 1.38. The second-order valence-corrected chi connectivity index (χ2v) is 4.34. The molecule has 3 N–H and O–H groups in total. The summed E-state index contributed by atoms with van der Waals surface area (Å²) in [5.41, 5.74) is 0.259. The van der Waals surface area contributed by atoms with E-state index in [9.17, 15) is 9.36 Å². The molecule has 0 saturated carbocycles. The molecule has 7 nitrogen and oxygen atoms in total. The van der Waals surface area contributed by atoms with Gasteiger partial charge in [0.1, 0.15) is 0 Å². The molecule has 0 radical (unpaired) electrons. The lowest BCUT2D eigenvalue weighted by atomic mass is 10.3. The zero-order chi connectivity index (χ0) is 11.5. The van der Waals surface area contributed by atoms with Gasteiger partial charge in [0.15, 0.2) is 0 Å². The summed E-state index contributed by atoms with van der Waals surface area (Å²) in [4.78, 5) is 31.1. The van der Waals surface area contributed by atoms with Gasteiger partial charge in [-0.1, -0.05) is 0 Å². The van der Waals surface area contributed by atoms with Crippen LogP contribution >= 0.6 is 7.60 Å². The minimum absolute atomic E-state index is 0.214. The van der Waals surface area contributed by atoms with Crippen LogP contribution in [0.2, 0.25) is 0 Å². The second-order valence-electron chi connectivity index (χ2n) is 2.69. The van der Waals surface area contributed by atoms with Gasteiger partial charge in [-0.2, -0.15) is 0 Å². The van der Waals surface area contributed by atoms with E-state index in [0.29, 0.717) is 0 Å². The first kappa shape index (κ1) is 11.6. The Bertz CT molecular complexity index is 414. The molecule has 0 aliphatic carbocycles. The maximum absolute atomic E-state index is 10.7. The van der Waals surface area contributed by atoms with E-state index in [4.69, 9.17) is 14.9 Å². The molecule has 0 saturated heterocycles. The van der Waals surface area contributed by atoms with Crippen molar-refractivity contribution < 1.29 is 29.0 Å². The van der Waals surface area contributed by atoms with Gasteiger partial charge in [0.05, 0.1) is 6.16 Å². The molecular weight excluding hydrogens is 225 g/mol. The molecule has 0 atom stereocenters. The summed E-state index contributed by atoms with van der Waals surface area (Å²) in [6.07, 6.45) is -0.801. The van der Waals surface area contributed by atoms with E-state index in [0.717, 1.165) is 6.07 Å². The third-order valence-corrected chi connectivity index (χ3v) is 2.16. The van der Waals surface area contributed by atoms with Gasteiger partial charge in [-0.05, 0) is 11.6 Å². The fraction of sp³-hybridized carbons (Fsp3) is 0.143. The Hall–Kier alpha value is -1.43. The summed E-state index contributed by atoms with van der Waals surface area (Å²) in [7, 11) is -4.17. The largest absolute Gasteiger partial charge is 0.512 e. The lowest BCUT2D eigenvalue weighted by molar-refractivity contribution is 0.142. The average molecular weight is 233 g/mol. The van der Waals surface area contributed by atoms with E-state index in [2.05, 4.69) is 9.72 Å². The molecule has 0 amide bonds. The van der Waals surface area contributed by atoms with Gasteiger partial charge < -0.3 is 19.6 Å². The Labute approximate surface area is 84.5 Å². The number of carbonyl (C=O) groups is 1. The minimum Gasteiger partial charge on any atom is -0.449 e. The molecule has 0 unspecified atom stereocenters. The average Bonchev–Trinajstić information content (AvgIpc) is 1.99. The van der Waals surface area contributed by atoms with E-state index >= 15 is 0 Å². The maximum Gasteiger partial charge on any atom is 0.512 e. The number of rotatable bonds is 3. The molecule has 8 heteroatoms. The smallest absolute Gasteiger partial charge is 0.449 e. The first-order valence-corrected chi connectivity index (χ1v) is 5.57. The van der Waals surface area contributed by atoms with Crippen molar-refractivity contribution in [1.29, 1.82) is 0 Å². The van der Waals surface area contributed by atoms with Crippen LogP contribution in [0.15, 0.2) is 18.3 Å². The van der Waals surface area contributed by atoms with Crippen LogP contribution in [0.5, 0.6) is 5.88 Å². The van der Waals surface area contributed by atoms with Crippen molar-refractivity contribution in [3.8, 4) is 5.88 Å². The zero-order valence-electron chi connectivity index (χ0n) is 7.40. The number of carboxylic acid groups (broad SMARTS) is 1. The van der Waals surface area contributed by atoms with E-state index in [1.54, 1.807) is 0 Å². The monoisotopic (exact) mass is 233 g/mol. The first-order chi connectivity index (χ1) is 6.87. The van der Waals surface area contributed by atoms with E-state index in [1.165, 1.54) is 12.3 Å². The Morgan fingerprint density at radius 2 is 2.20 bits per heavy atom. The molecular formula is C7H8NO6P. The lowest BCUT2D eigenvalue weighted by Crippen LogP contribution is -2.04. The summed E-state index contributed by atoms with van der Waals surface area (Å²) < 4.78 is 14.9. The fourth-order valence-electron chi connectivity index (χ4n) is 0.932. The summed E-state index contributed by atoms with van der Waals surface area (Å²) in [6.45, 7) is 0. The Balaban J connectivity index is 2.83. The van der Waals surface area contributed by atoms with Crippen molar-refractivity contribution in [2.24, 2.45) is 0 Å². The Morgan fingerprint density at radius 1 is 1.53 bits per heavy atom. The summed E-state index contributed by atoms with van der Waals surface area (Å²) in [6, 6.07) is 2.53. The molecule has 0 bridgehead atoms. The first-order valence-electron chi connectivity index (χ1n) is 3.77. The van der Waals surface area contributed by atoms with Gasteiger partial charge in [-0.3, -0.25) is 4.57 Å². The molecule has 82 valence electrons. The van der Waals surface area contributed by atoms with Crippen LogP contribution in [0.3, 0.4) is 0 Å². The normalized spacial score (nSPS) is 11.1. The number of ether oxygens (including phenoxy) is 1. The third kappa shape index (κ3) is 4.55. The number of hydrogen-bond acceptors (Lipinski definition) is 4. The van der Waals surface area contributed by atoms with Crippen molar-refractivity contribution in [2.45, 2.75) is 6.16 Å². The number of pyridine rings is 1. The Kier molecular flexibility index (Phi) is 3.41. The van der Waals surface area contributed by atoms with Crippen LogP contribution in [0.1, 0.15) is 5.56 Å². The highest BCUT2D eigenvalue weighted by molar-refractivity contribution is 7.50. The number of hydrogen-bond donors (Lipinski definition) is 3. The van der Waals surface area contributed by atoms with Gasteiger partial charge >= 0.3 is 13.8 Å². The van der Waals surface area contributed by atoms with Crippen LogP contribution in [0.4, 0.5) is 4.79 Å². The molecule has 1 rings (SSSR count). The van der Waals surface area contributed by atoms with Gasteiger partial charge in [-0.15, -0.1) is 0 Å². The van der Waals surface area contributed by atoms with Crippen LogP contribution in [-0.2, 0) is 10.7 Å². The molecule has 0 fully saturated rings. The van der Waals surface area contributed by atoms with Crippen LogP contribution < -0.4 is 4.74 Å². The van der Waals surface area contributed by atoms with Crippen LogP contribution in [0.25, 0.3) is 0 Å². The fourth-order valence-corrected chi connectivity index (χ4v) is 1.60. The van der Waals surface area contributed by atoms with Crippen molar-refractivity contribution >= 4 is 13.8 Å². The second kappa shape index (κ2) is 4.39. The number of aromatic nitrogens is 1. The Morgan fingerprint density at radius 3 is 2.73 bits per heavy atom. The van der Waals surface area contributed by atoms with Crippen LogP contribution in [0, 0.1) is 0 Å². The van der Waals surface area contributed by atoms with E-state index < -0.39 is 19.9 Å². The van der Waals surface area contributed by atoms with Gasteiger partial charge in [0.2, 0.25) is 5.88 Å². The topological polar surface area (TPSA) is 117 Å². The van der Waals surface area contributed by atoms with Crippen molar-refractivity contribution in [3.05, 3.63) is 23.9 Å². The van der Waals surface area contributed by atoms with Crippen molar-refractivity contribution in [1.82, 2.24) is 4.98 Å². The number of nitrogens with zero attached hydrogens (tertiary/aromatic N) is 1. The van der Waals surface area contributed by atoms with Gasteiger partial charge in [0, 0.05) is 12.3 Å². The quantitative estimate of drug-likeness (QED) is 0.522. The molecule has 1 aromatic rings.